The van der Waals surface area contributed by atoms with Crippen LogP contribution >= 0.6 is 0 Å². The molecule has 9 heteroatoms. The monoisotopic (exact) mass is 386 g/mol. The third-order valence-electron chi connectivity index (χ3n) is 5.42. The number of carbonyl (C=O) groups excluding carboxylic acids is 1. The lowest BCUT2D eigenvalue weighted by Crippen LogP contribution is -2.53. The lowest BCUT2D eigenvalue weighted by atomic mass is 10.1. The zero-order valence-electron chi connectivity index (χ0n) is 16.7. The second kappa shape index (κ2) is 7.97. The van der Waals surface area contributed by atoms with Gasteiger partial charge in [-0.05, 0) is 26.8 Å². The molecule has 2 aromatic rings. The highest BCUT2D eigenvalue weighted by atomic mass is 16.6. The first-order chi connectivity index (χ1) is 13.3. The number of carbonyl (C=O) groups is 1. The number of nitro groups is 1. The summed E-state index contributed by atoms with van der Waals surface area (Å²) in [4.78, 5) is 27.7. The van der Waals surface area contributed by atoms with E-state index in [1.807, 2.05) is 38.8 Å². The number of amides is 1. The average Bonchev–Trinajstić information content (AvgIpc) is 2.93. The number of anilines is 2. The molecule has 0 aliphatic carbocycles. The summed E-state index contributed by atoms with van der Waals surface area (Å²) >= 11 is 0. The molecule has 1 aliphatic rings. The Morgan fingerprint density at radius 2 is 1.86 bits per heavy atom. The van der Waals surface area contributed by atoms with Crippen LogP contribution in [-0.2, 0) is 11.8 Å². The van der Waals surface area contributed by atoms with Crippen LogP contribution in [0.25, 0.3) is 0 Å². The van der Waals surface area contributed by atoms with Gasteiger partial charge in [-0.25, -0.2) is 0 Å². The van der Waals surface area contributed by atoms with Crippen molar-refractivity contribution in [2.75, 3.05) is 36.4 Å². The Bertz CT molecular complexity index is 886. The van der Waals surface area contributed by atoms with E-state index in [0.717, 1.165) is 17.1 Å². The van der Waals surface area contributed by atoms with E-state index < -0.39 is 0 Å². The first-order valence-electron chi connectivity index (χ1n) is 9.33. The summed E-state index contributed by atoms with van der Waals surface area (Å²) < 4.78 is 1.75. The van der Waals surface area contributed by atoms with Gasteiger partial charge in [0.2, 0.25) is 5.91 Å². The van der Waals surface area contributed by atoms with E-state index >= 15 is 0 Å². The fourth-order valence-electron chi connectivity index (χ4n) is 3.58. The SMILES string of the molecule is Cc1nn(C)c(C)c1NC(=O)C(C)N1CCN(c2ccccc2[N+](=O)[O-])CC1. The van der Waals surface area contributed by atoms with Crippen molar-refractivity contribution in [3.8, 4) is 0 Å². The van der Waals surface area contributed by atoms with Crippen molar-refractivity contribution in [3.63, 3.8) is 0 Å². The maximum absolute atomic E-state index is 12.7. The summed E-state index contributed by atoms with van der Waals surface area (Å²) in [5.74, 6) is -0.0710. The molecule has 0 spiro atoms. The minimum atomic E-state index is -0.351. The zero-order chi connectivity index (χ0) is 20.4. The van der Waals surface area contributed by atoms with Crippen molar-refractivity contribution in [2.45, 2.75) is 26.8 Å². The molecule has 0 radical (unpaired) electrons. The molecule has 150 valence electrons. The van der Waals surface area contributed by atoms with Crippen LogP contribution < -0.4 is 10.2 Å². The molecule has 3 rings (SSSR count). The average molecular weight is 386 g/mol. The van der Waals surface area contributed by atoms with Crippen LogP contribution in [0.15, 0.2) is 24.3 Å². The number of hydrogen-bond acceptors (Lipinski definition) is 6. The fourth-order valence-corrected chi connectivity index (χ4v) is 3.58. The molecule has 1 N–H and O–H groups in total. The van der Waals surface area contributed by atoms with Crippen molar-refractivity contribution >= 4 is 23.0 Å². The van der Waals surface area contributed by atoms with Crippen LogP contribution in [-0.4, -0.2) is 57.7 Å². The first kappa shape index (κ1) is 19.8. The van der Waals surface area contributed by atoms with E-state index in [1.54, 1.807) is 16.8 Å². The second-order valence-electron chi connectivity index (χ2n) is 7.10. The summed E-state index contributed by atoms with van der Waals surface area (Å²) in [6.45, 7) is 8.26. The highest BCUT2D eigenvalue weighted by Crippen LogP contribution is 2.28. The molecule has 1 atom stereocenters. The van der Waals surface area contributed by atoms with Crippen molar-refractivity contribution in [3.05, 3.63) is 45.8 Å². The van der Waals surface area contributed by atoms with Gasteiger partial charge in [0.15, 0.2) is 0 Å². The number of piperazine rings is 1. The van der Waals surface area contributed by atoms with E-state index in [0.29, 0.717) is 31.9 Å². The molecule has 1 unspecified atom stereocenters. The molecule has 28 heavy (non-hydrogen) atoms. The zero-order valence-corrected chi connectivity index (χ0v) is 16.7. The molecule has 0 saturated carbocycles. The van der Waals surface area contributed by atoms with E-state index in [1.165, 1.54) is 6.07 Å². The minimum Gasteiger partial charge on any atom is -0.363 e. The number of benzene rings is 1. The standard InChI is InChI=1S/C19H26N6O3/c1-13-18(14(2)22(4)21-13)20-19(26)15(3)23-9-11-24(12-10-23)16-7-5-6-8-17(16)25(27)28/h5-8,15H,9-12H2,1-4H3,(H,20,26). The molecule has 2 heterocycles. The lowest BCUT2D eigenvalue weighted by molar-refractivity contribution is -0.384. The minimum absolute atomic E-state index is 0.0710. The summed E-state index contributed by atoms with van der Waals surface area (Å²) in [7, 11) is 1.85. The van der Waals surface area contributed by atoms with Crippen LogP contribution in [0.2, 0.25) is 0 Å². The van der Waals surface area contributed by atoms with Gasteiger partial charge in [0, 0.05) is 39.3 Å². The van der Waals surface area contributed by atoms with Crippen molar-refractivity contribution in [1.29, 1.82) is 0 Å². The summed E-state index contributed by atoms with van der Waals surface area (Å²) in [5, 5.41) is 18.6. The smallest absolute Gasteiger partial charge is 0.292 e. The van der Waals surface area contributed by atoms with Gasteiger partial charge in [0.1, 0.15) is 5.69 Å². The quantitative estimate of drug-likeness (QED) is 0.624. The van der Waals surface area contributed by atoms with Gasteiger partial charge in [0.25, 0.3) is 5.69 Å². The van der Waals surface area contributed by atoms with Gasteiger partial charge in [-0.3, -0.25) is 24.5 Å². The maximum Gasteiger partial charge on any atom is 0.292 e. The second-order valence-corrected chi connectivity index (χ2v) is 7.10. The number of nitro benzene ring substituents is 1. The number of para-hydroxylation sites is 2. The van der Waals surface area contributed by atoms with Gasteiger partial charge < -0.3 is 10.2 Å². The Morgan fingerprint density at radius 3 is 2.43 bits per heavy atom. The Labute approximate surface area is 164 Å². The molecule has 1 aromatic heterocycles. The molecule has 1 aromatic carbocycles. The fraction of sp³-hybridized carbons (Fsp3) is 0.474. The largest absolute Gasteiger partial charge is 0.363 e. The van der Waals surface area contributed by atoms with Crippen LogP contribution in [0, 0.1) is 24.0 Å². The van der Waals surface area contributed by atoms with E-state index in [4.69, 9.17) is 0 Å². The molecular formula is C19H26N6O3. The summed E-state index contributed by atoms with van der Waals surface area (Å²) in [6.07, 6.45) is 0. The highest BCUT2D eigenvalue weighted by Gasteiger charge is 2.28. The predicted octanol–water partition coefficient (Wildman–Crippen LogP) is 2.09. The third-order valence-corrected chi connectivity index (χ3v) is 5.42. The number of nitrogens with zero attached hydrogens (tertiary/aromatic N) is 5. The van der Waals surface area contributed by atoms with Gasteiger partial charge >= 0.3 is 0 Å². The third kappa shape index (κ3) is 3.84. The maximum atomic E-state index is 12.7. The number of aromatic nitrogens is 2. The van der Waals surface area contributed by atoms with Crippen LogP contribution in [0.1, 0.15) is 18.3 Å². The van der Waals surface area contributed by atoms with Crippen molar-refractivity contribution in [2.24, 2.45) is 7.05 Å². The topological polar surface area (TPSA) is 96.5 Å². The summed E-state index contributed by atoms with van der Waals surface area (Å²) in [5.41, 5.74) is 3.22. The van der Waals surface area contributed by atoms with Gasteiger partial charge in [-0.15, -0.1) is 0 Å². The van der Waals surface area contributed by atoms with Crippen molar-refractivity contribution in [1.82, 2.24) is 14.7 Å². The Morgan fingerprint density at radius 1 is 1.21 bits per heavy atom. The van der Waals surface area contributed by atoms with Crippen LogP contribution in [0.4, 0.5) is 17.1 Å². The van der Waals surface area contributed by atoms with E-state index in [9.17, 15) is 14.9 Å². The van der Waals surface area contributed by atoms with Crippen molar-refractivity contribution < 1.29 is 9.72 Å². The predicted molar refractivity (Wildman–Crippen MR) is 108 cm³/mol. The molecular weight excluding hydrogens is 360 g/mol. The number of aryl methyl sites for hydroxylation is 2. The van der Waals surface area contributed by atoms with Crippen LogP contribution in [0.3, 0.4) is 0 Å². The van der Waals surface area contributed by atoms with Gasteiger partial charge in [-0.1, -0.05) is 12.1 Å². The van der Waals surface area contributed by atoms with Gasteiger partial charge in [-0.2, -0.15) is 5.10 Å². The molecule has 1 fully saturated rings. The molecule has 1 amide bonds. The first-order valence-corrected chi connectivity index (χ1v) is 9.33. The van der Waals surface area contributed by atoms with Gasteiger partial charge in [0.05, 0.1) is 28.0 Å². The molecule has 1 aliphatic heterocycles. The normalized spacial score (nSPS) is 16.1. The summed E-state index contributed by atoms with van der Waals surface area (Å²) in [6, 6.07) is 6.48. The van der Waals surface area contributed by atoms with E-state index in [-0.39, 0.29) is 22.6 Å². The lowest BCUT2D eigenvalue weighted by Gasteiger charge is -2.38. The number of hydrogen-bond donors (Lipinski definition) is 1. The highest BCUT2D eigenvalue weighted by molar-refractivity contribution is 5.95. The Balaban J connectivity index is 1.63. The Hall–Kier alpha value is -2.94. The number of nitrogens with one attached hydrogen (secondary N) is 1. The molecule has 9 nitrogen and oxygen atoms in total. The molecule has 1 saturated heterocycles. The van der Waals surface area contributed by atoms with Crippen LogP contribution in [0.5, 0.6) is 0 Å². The Kier molecular flexibility index (Phi) is 5.64. The van der Waals surface area contributed by atoms with E-state index in [2.05, 4.69) is 15.3 Å². The number of rotatable bonds is 5. The molecule has 0 bridgehead atoms.